The molecule has 1 aliphatic rings. The average Bonchev–Trinajstić information content (AvgIpc) is 2.68. The van der Waals surface area contributed by atoms with Gasteiger partial charge in [-0.25, -0.2) is 0 Å². The molecule has 3 rings (SSSR count). The van der Waals surface area contributed by atoms with Crippen molar-refractivity contribution in [1.82, 2.24) is 5.32 Å². The van der Waals surface area contributed by atoms with Crippen molar-refractivity contribution < 1.29 is 9.47 Å². The van der Waals surface area contributed by atoms with E-state index in [2.05, 4.69) is 11.4 Å². The summed E-state index contributed by atoms with van der Waals surface area (Å²) in [5, 5.41) is 13.0. The van der Waals surface area contributed by atoms with Gasteiger partial charge in [-0.05, 0) is 35.8 Å². The highest BCUT2D eigenvalue weighted by Gasteiger charge is 2.20. The lowest BCUT2D eigenvalue weighted by Crippen LogP contribution is -2.24. The molecule has 0 aromatic heterocycles. The van der Waals surface area contributed by atoms with Gasteiger partial charge in [0.2, 0.25) is 0 Å². The van der Waals surface area contributed by atoms with Crippen molar-refractivity contribution >= 4 is 11.8 Å². The van der Waals surface area contributed by atoms with E-state index in [1.54, 1.807) is 14.2 Å². The Morgan fingerprint density at radius 1 is 1.12 bits per heavy atom. The maximum Gasteiger partial charge on any atom is 0.161 e. The molecule has 0 spiro atoms. The van der Waals surface area contributed by atoms with Gasteiger partial charge in [0.05, 0.1) is 25.5 Å². The Morgan fingerprint density at radius 2 is 1.84 bits per heavy atom. The van der Waals surface area contributed by atoms with Crippen molar-refractivity contribution in [2.45, 2.75) is 6.42 Å². The van der Waals surface area contributed by atoms with Gasteiger partial charge in [0.25, 0.3) is 0 Å². The number of methoxy groups -OCH3 is 2. The smallest absolute Gasteiger partial charge is 0.161 e. The molecule has 126 valence electrons. The van der Waals surface area contributed by atoms with E-state index >= 15 is 0 Å². The van der Waals surface area contributed by atoms with Gasteiger partial charge in [-0.1, -0.05) is 36.4 Å². The second-order valence-corrected chi connectivity index (χ2v) is 5.69. The van der Waals surface area contributed by atoms with Crippen LogP contribution < -0.4 is 14.8 Å². The Bertz CT molecular complexity index is 861. The molecule has 0 amide bonds. The second kappa shape index (κ2) is 7.59. The molecule has 0 unspecified atom stereocenters. The zero-order valence-electron chi connectivity index (χ0n) is 14.4. The lowest BCUT2D eigenvalue weighted by Gasteiger charge is -2.23. The van der Waals surface area contributed by atoms with Gasteiger partial charge in [-0.15, -0.1) is 0 Å². The standard InChI is InChI=1S/C21H20N2O2/c1-24-19-12-16-10-11-23-21(18(16)13-20(19)25-2)17(14-22)9-8-15-6-4-3-5-7-15/h3-9,12-13,23H,10-11H2,1-2H3/b9-8+,21-17+. The Morgan fingerprint density at radius 3 is 2.52 bits per heavy atom. The van der Waals surface area contributed by atoms with Crippen LogP contribution in [0.25, 0.3) is 11.8 Å². The van der Waals surface area contributed by atoms with E-state index in [1.807, 2.05) is 54.6 Å². The molecule has 0 saturated heterocycles. The molecular formula is C21H20N2O2. The average molecular weight is 332 g/mol. The fourth-order valence-corrected chi connectivity index (χ4v) is 2.94. The summed E-state index contributed by atoms with van der Waals surface area (Å²) >= 11 is 0. The van der Waals surface area contributed by atoms with E-state index in [4.69, 9.17) is 9.47 Å². The molecule has 0 radical (unpaired) electrons. The summed E-state index contributed by atoms with van der Waals surface area (Å²) in [6.07, 6.45) is 4.67. The first-order valence-corrected chi connectivity index (χ1v) is 8.13. The Balaban J connectivity index is 2.06. The van der Waals surface area contributed by atoms with Crippen LogP contribution >= 0.6 is 0 Å². The second-order valence-electron chi connectivity index (χ2n) is 5.69. The number of rotatable bonds is 4. The van der Waals surface area contributed by atoms with E-state index in [0.29, 0.717) is 17.1 Å². The summed E-state index contributed by atoms with van der Waals surface area (Å²) in [5.41, 5.74) is 4.61. The third-order valence-corrected chi connectivity index (χ3v) is 4.21. The summed E-state index contributed by atoms with van der Waals surface area (Å²) < 4.78 is 10.8. The number of nitriles is 1. The monoisotopic (exact) mass is 332 g/mol. The Labute approximate surface area is 148 Å². The largest absolute Gasteiger partial charge is 0.493 e. The highest BCUT2D eigenvalue weighted by atomic mass is 16.5. The number of ether oxygens (including phenoxy) is 2. The first-order chi connectivity index (χ1) is 12.3. The molecule has 4 nitrogen and oxygen atoms in total. The molecule has 0 atom stereocenters. The van der Waals surface area contributed by atoms with Gasteiger partial charge < -0.3 is 14.8 Å². The van der Waals surface area contributed by atoms with Crippen molar-refractivity contribution in [1.29, 1.82) is 5.26 Å². The van der Waals surface area contributed by atoms with Gasteiger partial charge in [0.15, 0.2) is 11.5 Å². The highest BCUT2D eigenvalue weighted by Crippen LogP contribution is 2.35. The van der Waals surface area contributed by atoms with Crippen LogP contribution in [0.3, 0.4) is 0 Å². The topological polar surface area (TPSA) is 54.3 Å². The third kappa shape index (κ3) is 3.51. The van der Waals surface area contributed by atoms with Crippen LogP contribution in [0.2, 0.25) is 0 Å². The van der Waals surface area contributed by atoms with Gasteiger partial charge in [0.1, 0.15) is 6.07 Å². The first kappa shape index (κ1) is 16.7. The quantitative estimate of drug-likeness (QED) is 0.865. The van der Waals surface area contributed by atoms with Crippen LogP contribution in [-0.4, -0.2) is 20.8 Å². The van der Waals surface area contributed by atoms with Crippen molar-refractivity contribution in [3.8, 4) is 17.6 Å². The van der Waals surface area contributed by atoms with E-state index in [9.17, 15) is 5.26 Å². The van der Waals surface area contributed by atoms with E-state index < -0.39 is 0 Å². The zero-order valence-corrected chi connectivity index (χ0v) is 14.4. The zero-order chi connectivity index (χ0) is 17.6. The number of benzene rings is 2. The predicted octanol–water partition coefficient (Wildman–Crippen LogP) is 3.80. The SMILES string of the molecule is COc1cc2c(cc1OC)/C(=C(C#N)/C=C/c1ccccc1)NCC2. The number of hydrogen-bond donors (Lipinski definition) is 1. The third-order valence-electron chi connectivity index (χ3n) is 4.21. The number of nitrogens with one attached hydrogen (secondary N) is 1. The van der Waals surface area contributed by atoms with Crippen LogP contribution in [0.15, 0.2) is 54.1 Å². The van der Waals surface area contributed by atoms with Crippen LogP contribution in [0.4, 0.5) is 0 Å². The van der Waals surface area contributed by atoms with Gasteiger partial charge in [0, 0.05) is 12.1 Å². The Kier molecular flexibility index (Phi) is 5.06. The molecule has 0 bridgehead atoms. The molecule has 1 aliphatic heterocycles. The lowest BCUT2D eigenvalue weighted by atomic mass is 9.94. The molecule has 2 aromatic rings. The maximum absolute atomic E-state index is 9.65. The number of allylic oxidation sites excluding steroid dienone is 2. The van der Waals surface area contributed by atoms with Gasteiger partial charge in [-0.3, -0.25) is 0 Å². The Hall–Kier alpha value is -3.19. The van der Waals surface area contributed by atoms with Crippen LogP contribution in [-0.2, 0) is 6.42 Å². The fourth-order valence-electron chi connectivity index (χ4n) is 2.94. The molecule has 4 heteroatoms. The molecular weight excluding hydrogens is 312 g/mol. The minimum atomic E-state index is 0.594. The predicted molar refractivity (Wildman–Crippen MR) is 99.3 cm³/mol. The molecule has 1 heterocycles. The summed E-state index contributed by atoms with van der Waals surface area (Å²) in [7, 11) is 3.25. The molecule has 1 N–H and O–H groups in total. The minimum absolute atomic E-state index is 0.594. The summed E-state index contributed by atoms with van der Waals surface area (Å²) in [4.78, 5) is 0. The van der Waals surface area contributed by atoms with Crippen molar-refractivity contribution in [2.24, 2.45) is 0 Å². The molecule has 0 fully saturated rings. The highest BCUT2D eigenvalue weighted by molar-refractivity contribution is 5.79. The normalized spacial score (nSPS) is 15.1. The van der Waals surface area contributed by atoms with E-state index in [0.717, 1.165) is 35.4 Å². The van der Waals surface area contributed by atoms with Crippen molar-refractivity contribution in [3.63, 3.8) is 0 Å². The number of nitrogens with zero attached hydrogens (tertiary/aromatic N) is 1. The van der Waals surface area contributed by atoms with Crippen LogP contribution in [0.5, 0.6) is 11.5 Å². The molecule has 25 heavy (non-hydrogen) atoms. The van der Waals surface area contributed by atoms with E-state index in [1.165, 1.54) is 0 Å². The van der Waals surface area contributed by atoms with E-state index in [-0.39, 0.29) is 0 Å². The van der Waals surface area contributed by atoms with Gasteiger partial charge >= 0.3 is 0 Å². The number of fused-ring (bicyclic) bond motifs is 1. The first-order valence-electron chi connectivity index (χ1n) is 8.13. The van der Waals surface area contributed by atoms with Crippen LogP contribution in [0, 0.1) is 11.3 Å². The van der Waals surface area contributed by atoms with Crippen LogP contribution in [0.1, 0.15) is 16.7 Å². The molecule has 0 aliphatic carbocycles. The summed E-state index contributed by atoms with van der Waals surface area (Å²) in [5.74, 6) is 1.37. The van der Waals surface area contributed by atoms with Gasteiger partial charge in [-0.2, -0.15) is 5.26 Å². The summed E-state index contributed by atoms with van der Waals surface area (Å²) in [6.45, 7) is 0.780. The number of hydrogen-bond acceptors (Lipinski definition) is 4. The van der Waals surface area contributed by atoms with Crippen molar-refractivity contribution in [3.05, 3.63) is 70.8 Å². The molecule has 2 aromatic carbocycles. The lowest BCUT2D eigenvalue weighted by molar-refractivity contribution is 0.354. The minimum Gasteiger partial charge on any atom is -0.493 e. The van der Waals surface area contributed by atoms with Crippen molar-refractivity contribution in [2.75, 3.05) is 20.8 Å². The summed E-state index contributed by atoms with van der Waals surface area (Å²) in [6, 6.07) is 16.2. The maximum atomic E-state index is 9.65. The fraction of sp³-hybridized carbons (Fsp3) is 0.190. The molecule has 0 saturated carbocycles.